The van der Waals surface area contributed by atoms with E-state index >= 15 is 0 Å². The van der Waals surface area contributed by atoms with Gasteiger partial charge in [-0.2, -0.15) is 4.99 Å². The average Bonchev–Trinajstić information content (AvgIpc) is 3.57. The summed E-state index contributed by atoms with van der Waals surface area (Å²) in [4.78, 5) is 52.2. The summed E-state index contributed by atoms with van der Waals surface area (Å²) >= 11 is 2.82. The minimum Gasteiger partial charge on any atom is -0.378 e. The first-order valence-corrected chi connectivity index (χ1v) is 14.3. The number of carbonyl (C=O) groups is 3. The highest BCUT2D eigenvalue weighted by atomic mass is 32.2. The topological polar surface area (TPSA) is 106 Å². The van der Waals surface area contributed by atoms with Gasteiger partial charge in [0, 0.05) is 42.3 Å². The first-order chi connectivity index (χ1) is 18.9. The largest absolute Gasteiger partial charge is 0.378 e. The number of benzene rings is 2. The van der Waals surface area contributed by atoms with Crippen molar-refractivity contribution in [3.63, 3.8) is 0 Å². The van der Waals surface area contributed by atoms with Gasteiger partial charge in [0.25, 0.3) is 5.91 Å². The van der Waals surface area contributed by atoms with Gasteiger partial charge in [0.2, 0.25) is 11.8 Å². The summed E-state index contributed by atoms with van der Waals surface area (Å²) in [5, 5.41) is 8.30. The van der Waals surface area contributed by atoms with Crippen molar-refractivity contribution in [1.82, 2.24) is 10.2 Å². The SMILES string of the molecule is CN(C)c1ccc(NC(=O)CSC2=Nc3ccccc3C3=NC(=O)C(CCC(=O)NCc4cccs4)N23)cc1. The van der Waals surface area contributed by atoms with Crippen molar-refractivity contribution in [2.45, 2.75) is 25.4 Å². The Kier molecular flexibility index (Phi) is 8.08. The standard InChI is InChI=1S/C28H28N6O3S2/c1-33(2)19-11-9-18(10-12-19)30-25(36)17-39-28-31-22-8-4-3-7-21(22)26-32-27(37)23(34(26)28)13-14-24(35)29-16-20-6-5-15-38-20/h3-12,15,23H,13-14,16-17H2,1-2H3,(H,29,35)(H,30,36). The monoisotopic (exact) mass is 560 g/mol. The zero-order chi connectivity index (χ0) is 27.4. The lowest BCUT2D eigenvalue weighted by Crippen LogP contribution is -2.44. The van der Waals surface area contributed by atoms with Crippen molar-refractivity contribution in [2.75, 3.05) is 30.1 Å². The molecule has 11 heteroatoms. The molecule has 1 unspecified atom stereocenters. The van der Waals surface area contributed by atoms with Crippen LogP contribution in [-0.2, 0) is 20.9 Å². The Morgan fingerprint density at radius 3 is 2.56 bits per heavy atom. The first-order valence-electron chi connectivity index (χ1n) is 12.5. The van der Waals surface area contributed by atoms with Crippen molar-refractivity contribution in [3.8, 4) is 0 Å². The Bertz CT molecular complexity index is 1430. The van der Waals surface area contributed by atoms with Crippen LogP contribution < -0.4 is 15.5 Å². The number of amidine groups is 2. The van der Waals surface area contributed by atoms with Gasteiger partial charge >= 0.3 is 0 Å². The molecule has 0 saturated heterocycles. The van der Waals surface area contributed by atoms with Crippen LogP contribution in [0.1, 0.15) is 23.3 Å². The lowest BCUT2D eigenvalue weighted by molar-refractivity contribution is -0.122. The van der Waals surface area contributed by atoms with E-state index in [0.29, 0.717) is 28.9 Å². The maximum atomic E-state index is 13.0. The summed E-state index contributed by atoms with van der Waals surface area (Å²) in [6.07, 6.45) is 0.457. The Morgan fingerprint density at radius 1 is 1.03 bits per heavy atom. The molecule has 0 radical (unpaired) electrons. The van der Waals surface area contributed by atoms with E-state index in [9.17, 15) is 14.4 Å². The molecule has 1 atom stereocenters. The Labute approximate surface area is 235 Å². The predicted molar refractivity (Wildman–Crippen MR) is 158 cm³/mol. The summed E-state index contributed by atoms with van der Waals surface area (Å²) in [5.41, 5.74) is 3.18. The molecule has 2 aliphatic rings. The second-order valence-electron chi connectivity index (χ2n) is 9.24. The summed E-state index contributed by atoms with van der Waals surface area (Å²) in [5.74, 6) is -0.0218. The van der Waals surface area contributed by atoms with Crippen LogP contribution in [-0.4, -0.2) is 59.5 Å². The van der Waals surface area contributed by atoms with Gasteiger partial charge in [-0.15, -0.1) is 11.3 Å². The van der Waals surface area contributed by atoms with E-state index in [1.165, 1.54) is 11.8 Å². The average molecular weight is 561 g/mol. The second kappa shape index (κ2) is 11.8. The lowest BCUT2D eigenvalue weighted by atomic mass is 10.1. The fourth-order valence-corrected chi connectivity index (χ4v) is 5.79. The third-order valence-electron chi connectivity index (χ3n) is 6.29. The number of nitrogens with zero attached hydrogens (tertiary/aromatic N) is 4. The fraction of sp³-hybridized carbons (Fsp3) is 0.250. The zero-order valence-corrected chi connectivity index (χ0v) is 23.2. The second-order valence-corrected chi connectivity index (χ2v) is 11.2. The summed E-state index contributed by atoms with van der Waals surface area (Å²) in [7, 11) is 3.91. The number of nitrogens with one attached hydrogen (secondary N) is 2. The van der Waals surface area contributed by atoms with E-state index in [4.69, 9.17) is 4.99 Å². The molecule has 0 saturated carbocycles. The number of aliphatic imine (C=N–C) groups is 2. The number of carbonyl (C=O) groups excluding carboxylic acids is 3. The minimum atomic E-state index is -0.659. The summed E-state index contributed by atoms with van der Waals surface area (Å²) in [6, 6.07) is 18.3. The van der Waals surface area contributed by atoms with E-state index in [1.54, 1.807) is 16.2 Å². The van der Waals surface area contributed by atoms with Crippen LogP contribution in [0.5, 0.6) is 0 Å². The van der Waals surface area contributed by atoms with Gasteiger partial charge in [0.05, 0.1) is 18.0 Å². The number of thiophene rings is 1. The molecule has 3 aromatic rings. The van der Waals surface area contributed by atoms with Crippen LogP contribution in [0.25, 0.3) is 0 Å². The number of fused-ring (bicyclic) bond motifs is 3. The summed E-state index contributed by atoms with van der Waals surface area (Å²) < 4.78 is 0. The Hall–Kier alpha value is -3.96. The normalized spacial score (nSPS) is 15.7. The molecule has 0 fully saturated rings. The zero-order valence-electron chi connectivity index (χ0n) is 21.6. The van der Waals surface area contributed by atoms with Crippen molar-refractivity contribution in [2.24, 2.45) is 9.98 Å². The van der Waals surface area contributed by atoms with Gasteiger partial charge in [-0.05, 0) is 54.3 Å². The molecule has 5 rings (SSSR count). The highest BCUT2D eigenvalue weighted by molar-refractivity contribution is 8.14. The highest BCUT2D eigenvalue weighted by Gasteiger charge is 2.41. The van der Waals surface area contributed by atoms with E-state index in [-0.39, 0.29) is 36.3 Å². The number of para-hydroxylation sites is 1. The maximum Gasteiger partial charge on any atom is 0.270 e. The quantitative estimate of drug-likeness (QED) is 0.406. The van der Waals surface area contributed by atoms with Crippen LogP contribution in [0.4, 0.5) is 17.1 Å². The number of amides is 3. The third-order valence-corrected chi connectivity index (χ3v) is 8.12. The van der Waals surface area contributed by atoms with Crippen molar-refractivity contribution < 1.29 is 14.4 Å². The van der Waals surface area contributed by atoms with Gasteiger partial charge in [-0.25, -0.2) is 4.99 Å². The molecule has 200 valence electrons. The molecular weight excluding hydrogens is 532 g/mol. The number of hydrogen-bond acceptors (Lipinski definition) is 8. The predicted octanol–water partition coefficient (Wildman–Crippen LogP) is 4.24. The number of hydrogen-bond donors (Lipinski definition) is 2. The Morgan fingerprint density at radius 2 is 1.82 bits per heavy atom. The van der Waals surface area contributed by atoms with Crippen molar-refractivity contribution >= 4 is 68.9 Å². The highest BCUT2D eigenvalue weighted by Crippen LogP contribution is 2.35. The van der Waals surface area contributed by atoms with E-state index < -0.39 is 6.04 Å². The third kappa shape index (κ3) is 6.21. The van der Waals surface area contributed by atoms with Crippen molar-refractivity contribution in [3.05, 3.63) is 76.5 Å². The van der Waals surface area contributed by atoms with Gasteiger partial charge in [-0.1, -0.05) is 30.0 Å². The van der Waals surface area contributed by atoms with E-state index in [2.05, 4.69) is 15.6 Å². The first kappa shape index (κ1) is 26.6. The summed E-state index contributed by atoms with van der Waals surface area (Å²) in [6.45, 7) is 0.462. The molecule has 2 aromatic carbocycles. The molecule has 9 nitrogen and oxygen atoms in total. The Balaban J connectivity index is 1.26. The van der Waals surface area contributed by atoms with Crippen LogP contribution in [0.15, 0.2) is 76.0 Å². The van der Waals surface area contributed by atoms with Gasteiger partial charge < -0.3 is 15.5 Å². The van der Waals surface area contributed by atoms with E-state index in [1.807, 2.05) is 85.0 Å². The van der Waals surface area contributed by atoms with Gasteiger partial charge in [0.15, 0.2) is 5.17 Å². The van der Waals surface area contributed by atoms with Crippen molar-refractivity contribution in [1.29, 1.82) is 0 Å². The molecule has 0 aliphatic carbocycles. The number of rotatable bonds is 9. The molecule has 1 aromatic heterocycles. The van der Waals surface area contributed by atoms with Gasteiger partial charge in [0.1, 0.15) is 11.9 Å². The molecule has 3 heterocycles. The van der Waals surface area contributed by atoms with Crippen LogP contribution in [0.3, 0.4) is 0 Å². The molecule has 39 heavy (non-hydrogen) atoms. The van der Waals surface area contributed by atoms with Crippen LogP contribution >= 0.6 is 23.1 Å². The lowest BCUT2D eigenvalue weighted by Gasteiger charge is -2.31. The fourth-order valence-electron chi connectivity index (χ4n) is 4.30. The van der Waals surface area contributed by atoms with E-state index in [0.717, 1.165) is 16.1 Å². The minimum absolute atomic E-state index is 0.0996. The molecule has 0 spiro atoms. The number of anilines is 2. The van der Waals surface area contributed by atoms with Crippen LogP contribution in [0, 0.1) is 0 Å². The maximum absolute atomic E-state index is 13.0. The number of thioether (sulfide) groups is 1. The molecule has 3 amide bonds. The molecule has 0 bridgehead atoms. The van der Waals surface area contributed by atoms with Crippen LogP contribution in [0.2, 0.25) is 0 Å². The van der Waals surface area contributed by atoms with Gasteiger partial charge in [-0.3, -0.25) is 19.3 Å². The molecular formula is C28H28N6O3S2. The smallest absolute Gasteiger partial charge is 0.270 e. The molecule has 2 aliphatic heterocycles. The molecule has 2 N–H and O–H groups in total.